The van der Waals surface area contributed by atoms with Gasteiger partial charge in [0.25, 0.3) is 0 Å². The van der Waals surface area contributed by atoms with E-state index in [9.17, 15) is 14.7 Å². The topological polar surface area (TPSA) is 74.6 Å². The largest absolute Gasteiger partial charge is 0.481 e. The van der Waals surface area contributed by atoms with Crippen molar-refractivity contribution in [1.29, 1.82) is 0 Å². The number of fused-ring (bicyclic) bond motifs is 5. The molecule has 4 nitrogen and oxygen atoms in total. The standard InChI is InChI=1S/C21H30O4/c1-21-9-8-16-15-5-4-14(22)10-12(15)11-18(23)20(16)17(21)6-2-13(21)3-7-19(24)25/h10,13,15-18,20,23H,2-9,11H2,1H3,(H,24,25)/t13-,15-,16+,17-,18-,20+,21+/m0/s1. The fourth-order valence-electron chi connectivity index (χ4n) is 7.07. The smallest absolute Gasteiger partial charge is 0.303 e. The number of carbonyl (C=O) groups is 2. The van der Waals surface area contributed by atoms with E-state index in [1.165, 1.54) is 5.57 Å². The van der Waals surface area contributed by atoms with Crippen molar-refractivity contribution in [1.82, 2.24) is 0 Å². The Morgan fingerprint density at radius 3 is 2.84 bits per heavy atom. The summed E-state index contributed by atoms with van der Waals surface area (Å²) < 4.78 is 0. The van der Waals surface area contributed by atoms with Crippen LogP contribution in [0.4, 0.5) is 0 Å². The maximum Gasteiger partial charge on any atom is 0.303 e. The van der Waals surface area contributed by atoms with E-state index >= 15 is 0 Å². The number of carbonyl (C=O) groups excluding carboxylic acids is 1. The molecular weight excluding hydrogens is 316 g/mol. The van der Waals surface area contributed by atoms with Gasteiger partial charge in [0.2, 0.25) is 0 Å². The first-order valence-electron chi connectivity index (χ1n) is 10.0. The lowest BCUT2D eigenvalue weighted by Gasteiger charge is -2.55. The highest BCUT2D eigenvalue weighted by Crippen LogP contribution is 2.64. The predicted molar refractivity (Wildman–Crippen MR) is 93.8 cm³/mol. The fraction of sp³-hybridized carbons (Fsp3) is 0.810. The molecule has 0 saturated heterocycles. The summed E-state index contributed by atoms with van der Waals surface area (Å²) in [6.07, 6.45) is 9.33. The Morgan fingerprint density at radius 2 is 2.08 bits per heavy atom. The molecule has 0 spiro atoms. The number of aliphatic hydroxyl groups excluding tert-OH is 1. The van der Waals surface area contributed by atoms with Crippen molar-refractivity contribution >= 4 is 11.8 Å². The summed E-state index contributed by atoms with van der Waals surface area (Å²) in [5.74, 6) is 1.87. The van der Waals surface area contributed by atoms with Crippen molar-refractivity contribution in [2.45, 2.75) is 70.8 Å². The van der Waals surface area contributed by atoms with Crippen molar-refractivity contribution in [3.63, 3.8) is 0 Å². The Balaban J connectivity index is 1.57. The van der Waals surface area contributed by atoms with Gasteiger partial charge in [-0.3, -0.25) is 9.59 Å². The van der Waals surface area contributed by atoms with Crippen molar-refractivity contribution in [3.05, 3.63) is 11.6 Å². The Labute approximate surface area is 149 Å². The lowest BCUT2D eigenvalue weighted by atomic mass is 9.50. The maximum absolute atomic E-state index is 11.8. The van der Waals surface area contributed by atoms with Crippen molar-refractivity contribution in [3.8, 4) is 0 Å². The molecular formula is C21H30O4. The zero-order chi connectivity index (χ0) is 17.8. The average molecular weight is 346 g/mol. The molecule has 0 heterocycles. The van der Waals surface area contributed by atoms with Crippen molar-refractivity contribution < 1.29 is 19.8 Å². The first-order chi connectivity index (χ1) is 11.9. The second kappa shape index (κ2) is 6.22. The maximum atomic E-state index is 11.8. The first kappa shape index (κ1) is 17.3. The molecule has 0 aromatic carbocycles. The van der Waals surface area contributed by atoms with Crippen LogP contribution in [-0.2, 0) is 9.59 Å². The van der Waals surface area contributed by atoms with E-state index in [1.54, 1.807) is 0 Å². The molecule has 2 N–H and O–H groups in total. The highest BCUT2D eigenvalue weighted by molar-refractivity contribution is 5.91. The minimum Gasteiger partial charge on any atom is -0.481 e. The van der Waals surface area contributed by atoms with Crippen LogP contribution in [0.3, 0.4) is 0 Å². The van der Waals surface area contributed by atoms with Crippen LogP contribution in [0.1, 0.15) is 64.7 Å². The third-order valence-electron chi connectivity index (χ3n) is 8.22. The molecule has 7 atom stereocenters. The van der Waals surface area contributed by atoms with Gasteiger partial charge < -0.3 is 10.2 Å². The molecule has 4 aliphatic rings. The molecule has 0 aromatic rings. The van der Waals surface area contributed by atoms with Crippen LogP contribution in [0.5, 0.6) is 0 Å². The Bertz CT molecular complexity index is 609. The highest BCUT2D eigenvalue weighted by atomic mass is 16.4. The van der Waals surface area contributed by atoms with Crippen LogP contribution in [0, 0.1) is 35.0 Å². The summed E-state index contributed by atoms with van der Waals surface area (Å²) in [7, 11) is 0. The van der Waals surface area contributed by atoms with Gasteiger partial charge in [-0.2, -0.15) is 0 Å². The second-order valence-electron chi connectivity index (χ2n) is 9.20. The van der Waals surface area contributed by atoms with Gasteiger partial charge in [0.15, 0.2) is 5.78 Å². The van der Waals surface area contributed by atoms with Gasteiger partial charge in [-0.1, -0.05) is 12.5 Å². The fourth-order valence-corrected chi connectivity index (χ4v) is 7.07. The van der Waals surface area contributed by atoms with E-state index in [1.807, 2.05) is 6.08 Å². The van der Waals surface area contributed by atoms with Crippen LogP contribution in [0.2, 0.25) is 0 Å². The van der Waals surface area contributed by atoms with Crippen LogP contribution in [-0.4, -0.2) is 28.1 Å². The third-order valence-corrected chi connectivity index (χ3v) is 8.22. The lowest BCUT2D eigenvalue weighted by molar-refractivity contribution is -0.138. The summed E-state index contributed by atoms with van der Waals surface area (Å²) in [6, 6.07) is 0. The molecule has 3 saturated carbocycles. The number of ketones is 1. The van der Waals surface area contributed by atoms with E-state index in [0.717, 1.165) is 38.5 Å². The molecule has 0 bridgehead atoms. The minimum absolute atomic E-state index is 0.184. The molecule has 138 valence electrons. The monoisotopic (exact) mass is 346 g/mol. The van der Waals surface area contributed by atoms with Gasteiger partial charge in [-0.05, 0) is 86.0 Å². The Hall–Kier alpha value is -1.16. The summed E-state index contributed by atoms with van der Waals surface area (Å²) in [5, 5.41) is 20.0. The molecule has 25 heavy (non-hydrogen) atoms. The summed E-state index contributed by atoms with van der Waals surface area (Å²) in [5.41, 5.74) is 1.39. The molecule has 0 radical (unpaired) electrons. The molecule has 0 aliphatic heterocycles. The second-order valence-corrected chi connectivity index (χ2v) is 9.20. The van der Waals surface area contributed by atoms with Gasteiger partial charge in [0.05, 0.1) is 6.10 Å². The molecule has 3 fully saturated rings. The summed E-state index contributed by atoms with van der Waals surface area (Å²) >= 11 is 0. The van der Waals surface area contributed by atoms with E-state index < -0.39 is 5.97 Å². The number of rotatable bonds is 3. The highest BCUT2D eigenvalue weighted by Gasteiger charge is 2.58. The van der Waals surface area contributed by atoms with Crippen LogP contribution in [0.15, 0.2) is 11.6 Å². The zero-order valence-corrected chi connectivity index (χ0v) is 15.1. The van der Waals surface area contributed by atoms with E-state index in [4.69, 9.17) is 5.11 Å². The summed E-state index contributed by atoms with van der Waals surface area (Å²) in [4.78, 5) is 22.8. The van der Waals surface area contributed by atoms with Crippen LogP contribution in [0.25, 0.3) is 0 Å². The number of aliphatic hydroxyl groups is 1. The quantitative estimate of drug-likeness (QED) is 0.819. The number of carboxylic acids is 1. The lowest BCUT2D eigenvalue weighted by Crippen LogP contribution is -2.51. The molecule has 4 aliphatic carbocycles. The van der Waals surface area contributed by atoms with Gasteiger partial charge in [0, 0.05) is 12.8 Å². The van der Waals surface area contributed by atoms with E-state index in [-0.39, 0.29) is 23.7 Å². The number of carboxylic acid groups (broad SMARTS) is 1. The number of hydrogen-bond donors (Lipinski definition) is 2. The average Bonchev–Trinajstić information content (AvgIpc) is 2.88. The summed E-state index contributed by atoms with van der Waals surface area (Å²) in [6.45, 7) is 2.36. The van der Waals surface area contributed by atoms with E-state index in [0.29, 0.717) is 42.4 Å². The van der Waals surface area contributed by atoms with Crippen molar-refractivity contribution in [2.75, 3.05) is 0 Å². The SMILES string of the molecule is C[C@]12CC[C@H]3[C@@H]([C@@H](O)CC4=CC(=O)CC[C@@H]43)[C@@H]1CC[C@H]2CCC(=O)O. The molecule has 0 unspecified atom stereocenters. The zero-order valence-electron chi connectivity index (χ0n) is 15.1. The first-order valence-corrected chi connectivity index (χ1v) is 10.0. The predicted octanol–water partition coefficient (Wildman–Crippen LogP) is 3.58. The molecule has 0 amide bonds. The van der Waals surface area contributed by atoms with E-state index in [2.05, 4.69) is 6.92 Å². The number of hydrogen-bond acceptors (Lipinski definition) is 3. The molecule has 0 aromatic heterocycles. The third kappa shape index (κ3) is 2.77. The normalized spacial score (nSPS) is 46.0. The van der Waals surface area contributed by atoms with Crippen LogP contribution >= 0.6 is 0 Å². The van der Waals surface area contributed by atoms with Gasteiger partial charge in [-0.15, -0.1) is 0 Å². The van der Waals surface area contributed by atoms with Crippen LogP contribution < -0.4 is 0 Å². The minimum atomic E-state index is -0.694. The van der Waals surface area contributed by atoms with Gasteiger partial charge in [0.1, 0.15) is 0 Å². The number of aliphatic carboxylic acids is 1. The van der Waals surface area contributed by atoms with Gasteiger partial charge >= 0.3 is 5.97 Å². The Morgan fingerprint density at radius 1 is 1.28 bits per heavy atom. The molecule has 4 rings (SSSR count). The van der Waals surface area contributed by atoms with Gasteiger partial charge in [-0.25, -0.2) is 0 Å². The van der Waals surface area contributed by atoms with Crippen molar-refractivity contribution in [2.24, 2.45) is 35.0 Å². The molecule has 4 heteroatoms. The Kier molecular flexibility index (Phi) is 4.30.